The highest BCUT2D eigenvalue weighted by Crippen LogP contribution is 2.43. The predicted octanol–water partition coefficient (Wildman–Crippen LogP) is 2.83. The number of hydrogen-bond acceptors (Lipinski definition) is 4. The second kappa shape index (κ2) is 7.23. The van der Waals surface area contributed by atoms with E-state index in [-0.39, 0.29) is 35.1 Å². The highest BCUT2D eigenvalue weighted by Gasteiger charge is 2.23. The Labute approximate surface area is 139 Å². The number of nitrogens with one attached hydrogen (secondary N) is 1. The minimum Gasteiger partial charge on any atom is -0.508 e. The van der Waals surface area contributed by atoms with Crippen molar-refractivity contribution in [1.82, 2.24) is 0 Å². The molecular formula is C16H20NO6P. The summed E-state index contributed by atoms with van der Waals surface area (Å²) in [6.45, 7) is 1.84. The van der Waals surface area contributed by atoms with Crippen molar-refractivity contribution in [3.05, 3.63) is 53.6 Å². The Hall–Kier alpha value is -2.05. The minimum absolute atomic E-state index is 0.0211. The fraction of sp³-hybridized carbons (Fsp3) is 0.250. The molecule has 0 aromatic heterocycles. The maximum absolute atomic E-state index is 11.2. The molecule has 0 radical (unpaired) electrons. The standard InChI is InChI=1S/C16H20NO6P/c1-10(11-4-2-5-12(18)9-11)8-15(20)16-13(17-24(21,22)23)6-3-7-14(16)19/h2-7,9-10,15,18-20H,8H2,1H3,(H3,17,21,22,23). The van der Waals surface area contributed by atoms with Gasteiger partial charge < -0.3 is 25.1 Å². The Morgan fingerprint density at radius 1 is 1.12 bits per heavy atom. The number of aromatic hydroxyl groups is 2. The Morgan fingerprint density at radius 2 is 1.79 bits per heavy atom. The lowest BCUT2D eigenvalue weighted by molar-refractivity contribution is 0.157. The zero-order valence-electron chi connectivity index (χ0n) is 13.0. The van der Waals surface area contributed by atoms with Gasteiger partial charge >= 0.3 is 7.75 Å². The Morgan fingerprint density at radius 3 is 2.42 bits per heavy atom. The molecule has 0 bridgehead atoms. The van der Waals surface area contributed by atoms with Gasteiger partial charge in [-0.05, 0) is 42.2 Å². The van der Waals surface area contributed by atoms with Crippen LogP contribution in [0.4, 0.5) is 5.69 Å². The van der Waals surface area contributed by atoms with E-state index in [9.17, 15) is 19.9 Å². The van der Waals surface area contributed by atoms with Crippen LogP contribution in [0.1, 0.15) is 36.5 Å². The maximum atomic E-state index is 11.2. The fourth-order valence-corrected chi connectivity index (χ4v) is 3.09. The van der Waals surface area contributed by atoms with E-state index < -0.39 is 13.9 Å². The van der Waals surface area contributed by atoms with Gasteiger partial charge in [0.1, 0.15) is 11.5 Å². The van der Waals surface area contributed by atoms with E-state index in [0.717, 1.165) is 5.56 Å². The number of hydrogen-bond donors (Lipinski definition) is 6. The summed E-state index contributed by atoms with van der Waals surface area (Å²) in [6.07, 6.45) is -0.964. The first kappa shape index (κ1) is 18.3. The van der Waals surface area contributed by atoms with Crippen LogP contribution < -0.4 is 5.09 Å². The molecule has 2 aromatic carbocycles. The third-order valence-electron chi connectivity index (χ3n) is 3.70. The third-order valence-corrected chi connectivity index (χ3v) is 4.23. The van der Waals surface area contributed by atoms with Crippen LogP contribution in [0.2, 0.25) is 0 Å². The van der Waals surface area contributed by atoms with E-state index in [1.54, 1.807) is 18.2 Å². The summed E-state index contributed by atoms with van der Waals surface area (Å²) in [5.41, 5.74) is 0.792. The van der Waals surface area contributed by atoms with Gasteiger partial charge in [-0.1, -0.05) is 25.1 Å². The van der Waals surface area contributed by atoms with Gasteiger partial charge in [0.05, 0.1) is 11.8 Å². The number of phenols is 2. The minimum atomic E-state index is -4.58. The van der Waals surface area contributed by atoms with Crippen LogP contribution >= 0.6 is 7.75 Å². The van der Waals surface area contributed by atoms with E-state index in [2.05, 4.69) is 0 Å². The lowest BCUT2D eigenvalue weighted by Gasteiger charge is -2.21. The van der Waals surface area contributed by atoms with Crippen molar-refractivity contribution in [1.29, 1.82) is 0 Å². The predicted molar refractivity (Wildman–Crippen MR) is 89.9 cm³/mol. The number of rotatable bonds is 6. The van der Waals surface area contributed by atoms with Gasteiger partial charge in [0.15, 0.2) is 0 Å². The molecule has 6 N–H and O–H groups in total. The van der Waals surface area contributed by atoms with Gasteiger partial charge in [0, 0.05) is 5.56 Å². The van der Waals surface area contributed by atoms with Crippen LogP contribution in [0.3, 0.4) is 0 Å². The second-order valence-electron chi connectivity index (χ2n) is 5.64. The number of aliphatic hydroxyl groups excluding tert-OH is 1. The SMILES string of the molecule is CC(CC(O)c1c(O)cccc1NP(=O)(O)O)c1cccc(O)c1. The molecule has 0 heterocycles. The smallest absolute Gasteiger partial charge is 0.427 e. The van der Waals surface area contributed by atoms with Gasteiger partial charge in [0.2, 0.25) is 0 Å². The van der Waals surface area contributed by atoms with Crippen LogP contribution in [0, 0.1) is 0 Å². The third kappa shape index (κ3) is 4.72. The molecule has 2 atom stereocenters. The van der Waals surface area contributed by atoms with Gasteiger partial charge in [-0.2, -0.15) is 0 Å². The normalized spacial score (nSPS) is 14.2. The van der Waals surface area contributed by atoms with Crippen LogP contribution in [0.25, 0.3) is 0 Å². The van der Waals surface area contributed by atoms with Crippen molar-refractivity contribution in [2.24, 2.45) is 0 Å². The molecule has 0 aliphatic heterocycles. The summed E-state index contributed by atoms with van der Waals surface area (Å²) in [6, 6.07) is 10.7. The van der Waals surface area contributed by atoms with Crippen molar-refractivity contribution in [3.8, 4) is 11.5 Å². The summed E-state index contributed by atoms with van der Waals surface area (Å²) >= 11 is 0. The van der Waals surface area contributed by atoms with Crippen molar-refractivity contribution in [2.75, 3.05) is 5.09 Å². The van der Waals surface area contributed by atoms with Crippen LogP contribution in [-0.4, -0.2) is 25.1 Å². The van der Waals surface area contributed by atoms with Crippen LogP contribution in [0.15, 0.2) is 42.5 Å². The molecule has 0 spiro atoms. The molecule has 2 aromatic rings. The average molecular weight is 353 g/mol. The topological polar surface area (TPSA) is 130 Å². The van der Waals surface area contributed by atoms with E-state index >= 15 is 0 Å². The van der Waals surface area contributed by atoms with Gasteiger partial charge in [-0.25, -0.2) is 4.57 Å². The molecule has 8 heteroatoms. The lowest BCUT2D eigenvalue weighted by Crippen LogP contribution is -2.07. The van der Waals surface area contributed by atoms with Crippen molar-refractivity contribution < 1.29 is 29.7 Å². The van der Waals surface area contributed by atoms with Gasteiger partial charge in [-0.15, -0.1) is 0 Å². The largest absolute Gasteiger partial charge is 0.508 e. The fourth-order valence-electron chi connectivity index (χ4n) is 2.58. The molecule has 24 heavy (non-hydrogen) atoms. The molecule has 0 saturated heterocycles. The van der Waals surface area contributed by atoms with Gasteiger partial charge in [-0.3, -0.25) is 5.09 Å². The molecule has 0 fully saturated rings. The molecule has 0 saturated carbocycles. The summed E-state index contributed by atoms with van der Waals surface area (Å²) in [7, 11) is -4.58. The molecular weight excluding hydrogens is 333 g/mol. The zero-order chi connectivity index (χ0) is 17.9. The molecule has 0 aliphatic carbocycles. The quantitative estimate of drug-likeness (QED) is 0.440. The van der Waals surface area contributed by atoms with Crippen LogP contribution in [0.5, 0.6) is 11.5 Å². The average Bonchev–Trinajstić information content (AvgIpc) is 2.45. The van der Waals surface area contributed by atoms with Crippen molar-refractivity contribution >= 4 is 13.4 Å². The molecule has 2 unspecified atom stereocenters. The molecule has 7 nitrogen and oxygen atoms in total. The highest BCUT2D eigenvalue weighted by atomic mass is 31.2. The Bertz CT molecular complexity index is 760. The highest BCUT2D eigenvalue weighted by molar-refractivity contribution is 7.53. The Balaban J connectivity index is 2.26. The summed E-state index contributed by atoms with van der Waals surface area (Å²) in [4.78, 5) is 18.1. The number of anilines is 1. The molecule has 2 rings (SSSR count). The van der Waals surface area contributed by atoms with E-state index in [1.807, 2.05) is 12.0 Å². The number of phenolic OH excluding ortho intramolecular Hbond substituents is 2. The molecule has 0 amide bonds. The summed E-state index contributed by atoms with van der Waals surface area (Å²) < 4.78 is 11.2. The van der Waals surface area contributed by atoms with E-state index in [4.69, 9.17) is 9.79 Å². The first-order valence-electron chi connectivity index (χ1n) is 7.30. The van der Waals surface area contributed by atoms with E-state index in [1.165, 1.54) is 24.3 Å². The maximum Gasteiger partial charge on any atom is 0.427 e. The first-order chi connectivity index (χ1) is 11.2. The van der Waals surface area contributed by atoms with Crippen molar-refractivity contribution in [3.63, 3.8) is 0 Å². The number of aliphatic hydroxyl groups is 1. The van der Waals surface area contributed by atoms with Gasteiger partial charge in [0.25, 0.3) is 0 Å². The lowest BCUT2D eigenvalue weighted by atomic mass is 9.91. The summed E-state index contributed by atoms with van der Waals surface area (Å²) in [5.74, 6) is -0.307. The summed E-state index contributed by atoms with van der Waals surface area (Å²) in [5, 5.41) is 32.0. The first-order valence-corrected chi connectivity index (χ1v) is 8.91. The van der Waals surface area contributed by atoms with E-state index in [0.29, 0.717) is 0 Å². The Kier molecular flexibility index (Phi) is 5.51. The zero-order valence-corrected chi connectivity index (χ0v) is 13.9. The molecule has 130 valence electrons. The monoisotopic (exact) mass is 353 g/mol. The molecule has 0 aliphatic rings. The van der Waals surface area contributed by atoms with Crippen LogP contribution in [-0.2, 0) is 4.57 Å². The number of benzene rings is 2. The second-order valence-corrected chi connectivity index (χ2v) is 6.95. The van der Waals surface area contributed by atoms with Crippen molar-refractivity contribution in [2.45, 2.75) is 25.4 Å².